The molecule has 2 saturated heterocycles. The van der Waals surface area contributed by atoms with Crippen LogP contribution in [0.15, 0.2) is 0 Å². The predicted octanol–water partition coefficient (Wildman–Crippen LogP) is 2.75. The molecule has 2 amide bonds. The lowest BCUT2D eigenvalue weighted by Gasteiger charge is -2.39. The molecule has 5 nitrogen and oxygen atoms in total. The van der Waals surface area contributed by atoms with Crippen molar-refractivity contribution in [3.63, 3.8) is 0 Å². The normalized spacial score (nSPS) is 29.0. The van der Waals surface area contributed by atoms with Gasteiger partial charge in [0.1, 0.15) is 0 Å². The average molecular weight is 310 g/mol. The number of piperidine rings is 1. The van der Waals surface area contributed by atoms with Crippen molar-refractivity contribution in [1.29, 1.82) is 0 Å². The lowest BCUT2D eigenvalue weighted by molar-refractivity contribution is -0.189. The molecule has 0 aromatic rings. The molecular weight excluding hydrogens is 280 g/mol. The van der Waals surface area contributed by atoms with Crippen LogP contribution in [-0.2, 0) is 9.47 Å². The zero-order valence-electron chi connectivity index (χ0n) is 13.8. The maximum Gasteiger partial charge on any atom is 0.317 e. The van der Waals surface area contributed by atoms with Gasteiger partial charge in [-0.2, -0.15) is 0 Å². The Morgan fingerprint density at radius 1 is 1.18 bits per heavy atom. The van der Waals surface area contributed by atoms with Crippen LogP contribution in [0.4, 0.5) is 4.79 Å². The van der Waals surface area contributed by atoms with Gasteiger partial charge >= 0.3 is 6.03 Å². The van der Waals surface area contributed by atoms with Crippen molar-refractivity contribution in [3.8, 4) is 0 Å². The Morgan fingerprint density at radius 3 is 2.64 bits per heavy atom. The molecule has 1 saturated carbocycles. The van der Waals surface area contributed by atoms with Gasteiger partial charge in [-0.25, -0.2) is 4.79 Å². The van der Waals surface area contributed by atoms with E-state index in [0.29, 0.717) is 13.2 Å². The van der Waals surface area contributed by atoms with Gasteiger partial charge in [-0.3, -0.25) is 0 Å². The van der Waals surface area contributed by atoms with Crippen LogP contribution in [0.5, 0.6) is 0 Å². The lowest BCUT2D eigenvalue weighted by Crippen LogP contribution is -2.51. The van der Waals surface area contributed by atoms with E-state index in [-0.39, 0.29) is 11.9 Å². The number of urea groups is 1. The van der Waals surface area contributed by atoms with E-state index in [2.05, 4.69) is 5.32 Å². The van der Waals surface area contributed by atoms with Gasteiger partial charge < -0.3 is 19.7 Å². The minimum absolute atomic E-state index is 0.0873. The highest BCUT2D eigenvalue weighted by molar-refractivity contribution is 5.74. The van der Waals surface area contributed by atoms with Gasteiger partial charge in [-0.1, -0.05) is 25.7 Å². The number of hydrogen-bond acceptors (Lipinski definition) is 3. The molecule has 1 N–H and O–H groups in total. The summed E-state index contributed by atoms with van der Waals surface area (Å²) in [6.07, 6.45) is 8.65. The van der Waals surface area contributed by atoms with Crippen molar-refractivity contribution in [3.05, 3.63) is 0 Å². The predicted molar refractivity (Wildman–Crippen MR) is 84.6 cm³/mol. The van der Waals surface area contributed by atoms with Crippen LogP contribution in [0, 0.1) is 11.8 Å². The molecule has 126 valence electrons. The van der Waals surface area contributed by atoms with E-state index in [1.807, 2.05) is 11.8 Å². The Kier molecular flexibility index (Phi) is 5.24. The molecule has 0 spiro atoms. The van der Waals surface area contributed by atoms with Gasteiger partial charge in [0.15, 0.2) is 5.79 Å². The van der Waals surface area contributed by atoms with Crippen LogP contribution in [0.1, 0.15) is 51.9 Å². The molecule has 3 rings (SSSR count). The standard InChI is InChI=1S/C17H30N2O3/c1-17(21-11-12-22-17)15-7-4-10-19(13-15)16(20)18-9-8-14-5-2-3-6-14/h14-15H,2-13H2,1H3,(H,18,20). The van der Waals surface area contributed by atoms with Crippen LogP contribution in [-0.4, -0.2) is 49.6 Å². The number of ether oxygens (including phenoxy) is 2. The lowest BCUT2D eigenvalue weighted by atomic mass is 9.90. The zero-order chi connectivity index (χ0) is 15.4. The van der Waals surface area contributed by atoms with Gasteiger partial charge in [0, 0.05) is 25.6 Å². The van der Waals surface area contributed by atoms with E-state index in [0.717, 1.165) is 44.8 Å². The molecule has 3 fully saturated rings. The second kappa shape index (κ2) is 7.18. The minimum Gasteiger partial charge on any atom is -0.347 e. The van der Waals surface area contributed by atoms with Crippen molar-refractivity contribution in [2.24, 2.45) is 11.8 Å². The zero-order valence-corrected chi connectivity index (χ0v) is 13.8. The fourth-order valence-electron chi connectivity index (χ4n) is 4.15. The van der Waals surface area contributed by atoms with Gasteiger partial charge in [-0.15, -0.1) is 0 Å². The summed E-state index contributed by atoms with van der Waals surface area (Å²) in [5, 5.41) is 3.11. The Balaban J connectivity index is 1.43. The fraction of sp³-hybridized carbons (Fsp3) is 0.941. The summed E-state index contributed by atoms with van der Waals surface area (Å²) in [5.41, 5.74) is 0. The Morgan fingerprint density at radius 2 is 1.91 bits per heavy atom. The molecule has 0 aromatic heterocycles. The van der Waals surface area contributed by atoms with E-state index >= 15 is 0 Å². The molecule has 1 aliphatic carbocycles. The van der Waals surface area contributed by atoms with Gasteiger partial charge in [0.25, 0.3) is 0 Å². The highest BCUT2D eigenvalue weighted by atomic mass is 16.7. The first-order chi connectivity index (χ1) is 10.7. The smallest absolute Gasteiger partial charge is 0.317 e. The highest BCUT2D eigenvalue weighted by Crippen LogP contribution is 2.34. The summed E-state index contributed by atoms with van der Waals surface area (Å²) >= 11 is 0. The van der Waals surface area contributed by atoms with E-state index in [4.69, 9.17) is 9.47 Å². The third kappa shape index (κ3) is 3.74. The summed E-state index contributed by atoms with van der Waals surface area (Å²) in [5.74, 6) is 0.612. The summed E-state index contributed by atoms with van der Waals surface area (Å²) in [7, 11) is 0. The molecule has 1 unspecified atom stereocenters. The summed E-state index contributed by atoms with van der Waals surface area (Å²) < 4.78 is 11.6. The van der Waals surface area contributed by atoms with Crippen LogP contribution >= 0.6 is 0 Å². The molecule has 22 heavy (non-hydrogen) atoms. The number of nitrogens with zero attached hydrogens (tertiary/aromatic N) is 1. The number of likely N-dealkylation sites (tertiary alicyclic amines) is 1. The first kappa shape index (κ1) is 16.1. The van der Waals surface area contributed by atoms with E-state index in [1.54, 1.807) is 0 Å². The first-order valence-electron chi connectivity index (χ1n) is 8.98. The van der Waals surface area contributed by atoms with Crippen molar-refractivity contribution in [2.75, 3.05) is 32.8 Å². The first-order valence-corrected chi connectivity index (χ1v) is 8.98. The monoisotopic (exact) mass is 310 g/mol. The van der Waals surface area contributed by atoms with E-state index < -0.39 is 5.79 Å². The third-order valence-corrected chi connectivity index (χ3v) is 5.61. The molecule has 0 bridgehead atoms. The topological polar surface area (TPSA) is 50.8 Å². The average Bonchev–Trinajstić information content (AvgIpc) is 3.20. The second-order valence-corrected chi connectivity index (χ2v) is 7.17. The molecule has 2 heterocycles. The number of carbonyl (C=O) groups is 1. The van der Waals surface area contributed by atoms with Crippen LogP contribution < -0.4 is 5.32 Å². The van der Waals surface area contributed by atoms with Gasteiger partial charge in [0.05, 0.1) is 13.2 Å². The van der Waals surface area contributed by atoms with Crippen LogP contribution in [0.2, 0.25) is 0 Å². The molecular formula is C17H30N2O3. The Hall–Kier alpha value is -0.810. The summed E-state index contributed by atoms with van der Waals surface area (Å²) in [6.45, 7) is 5.76. The third-order valence-electron chi connectivity index (χ3n) is 5.61. The molecule has 0 radical (unpaired) electrons. The number of carbonyl (C=O) groups excluding carboxylic acids is 1. The second-order valence-electron chi connectivity index (χ2n) is 7.17. The number of nitrogens with one attached hydrogen (secondary N) is 1. The number of hydrogen-bond donors (Lipinski definition) is 1. The maximum atomic E-state index is 12.4. The van der Waals surface area contributed by atoms with Crippen molar-refractivity contribution >= 4 is 6.03 Å². The molecule has 0 aromatic carbocycles. The summed E-state index contributed by atoms with van der Waals surface area (Å²) in [6, 6.07) is 0.0873. The van der Waals surface area contributed by atoms with E-state index in [1.165, 1.54) is 25.7 Å². The van der Waals surface area contributed by atoms with Gasteiger partial charge in [-0.05, 0) is 32.1 Å². The van der Waals surface area contributed by atoms with Crippen molar-refractivity contribution in [1.82, 2.24) is 10.2 Å². The molecule has 5 heteroatoms. The molecule has 2 aliphatic heterocycles. The maximum absolute atomic E-state index is 12.4. The fourth-order valence-corrected chi connectivity index (χ4v) is 4.15. The van der Waals surface area contributed by atoms with Crippen LogP contribution in [0.3, 0.4) is 0 Å². The molecule has 1 atom stereocenters. The quantitative estimate of drug-likeness (QED) is 0.868. The summed E-state index contributed by atoms with van der Waals surface area (Å²) in [4.78, 5) is 14.3. The minimum atomic E-state index is -0.497. The Labute approximate surface area is 133 Å². The molecule has 3 aliphatic rings. The largest absolute Gasteiger partial charge is 0.347 e. The number of amides is 2. The highest BCUT2D eigenvalue weighted by Gasteiger charge is 2.42. The SMILES string of the molecule is CC1(C2CCCN(C(=O)NCCC3CCCC3)C2)OCCO1. The van der Waals surface area contributed by atoms with Crippen LogP contribution in [0.25, 0.3) is 0 Å². The Bertz CT molecular complexity index is 376. The van der Waals surface area contributed by atoms with E-state index in [9.17, 15) is 4.79 Å². The van der Waals surface area contributed by atoms with Crippen molar-refractivity contribution in [2.45, 2.75) is 57.7 Å². The van der Waals surface area contributed by atoms with Crippen molar-refractivity contribution < 1.29 is 14.3 Å². The van der Waals surface area contributed by atoms with Gasteiger partial charge in [0.2, 0.25) is 0 Å². The number of rotatable bonds is 4.